The van der Waals surface area contributed by atoms with Crippen molar-refractivity contribution >= 4 is 23.2 Å². The van der Waals surface area contributed by atoms with Gasteiger partial charge in [-0.1, -0.05) is 0 Å². The van der Waals surface area contributed by atoms with Gasteiger partial charge in [0, 0.05) is 23.2 Å². The molecule has 3 aromatic rings. The molecule has 3 N–H and O–H groups in total. The second-order valence-electron chi connectivity index (χ2n) is 9.52. The number of H-pyrrole nitrogens is 1. The van der Waals surface area contributed by atoms with Crippen molar-refractivity contribution in [1.82, 2.24) is 30.1 Å². The SMILES string of the molecule is Cc1cn2nc(COC(F)(F)F)cc2c(Nc2cc([C@H]3CC[C@@H](OC(=O)NC4(C)CC4)[C@@H]3F)[nH]n2)n1. The Labute approximate surface area is 202 Å². The summed E-state index contributed by atoms with van der Waals surface area (Å²) >= 11 is 0. The van der Waals surface area contributed by atoms with E-state index in [9.17, 15) is 18.0 Å². The van der Waals surface area contributed by atoms with Gasteiger partial charge in [0.05, 0.1) is 17.6 Å². The fraction of sp³-hybridized carbons (Fsp3) is 0.545. The number of nitrogens with one attached hydrogen (secondary N) is 3. The minimum Gasteiger partial charge on any atom is -0.443 e. The summed E-state index contributed by atoms with van der Waals surface area (Å²) in [7, 11) is 0. The zero-order valence-electron chi connectivity index (χ0n) is 19.5. The molecule has 2 aliphatic rings. The highest BCUT2D eigenvalue weighted by molar-refractivity contribution is 5.72. The van der Waals surface area contributed by atoms with Crippen molar-refractivity contribution in [2.24, 2.45) is 0 Å². The molecule has 14 heteroatoms. The first-order chi connectivity index (χ1) is 17.0. The van der Waals surface area contributed by atoms with E-state index in [1.807, 2.05) is 6.92 Å². The van der Waals surface area contributed by atoms with E-state index in [4.69, 9.17) is 4.74 Å². The van der Waals surface area contributed by atoms with Crippen molar-refractivity contribution in [1.29, 1.82) is 0 Å². The quantitative estimate of drug-likeness (QED) is 0.402. The molecule has 3 heterocycles. The number of aromatic amines is 1. The number of fused-ring (bicyclic) bond motifs is 1. The molecule has 194 valence electrons. The molecule has 0 saturated heterocycles. The van der Waals surface area contributed by atoms with Crippen molar-refractivity contribution < 1.29 is 31.8 Å². The first kappa shape index (κ1) is 24.3. The number of rotatable bonds is 7. The number of nitrogens with zero attached hydrogens (tertiary/aromatic N) is 4. The standard InChI is InChI=1S/C22H25F4N7O3/c1-11-9-33-15(7-12(32-33)10-35-22(24,25)26)19(27-11)28-17-8-14(30-31-17)13-3-4-16(18(13)23)36-20(34)29-21(2)5-6-21/h7-9,13,16,18H,3-6,10H2,1-2H3,(H,29,34)(H2,27,28,30,31)/t13-,16-,18-/m1/s1. The summed E-state index contributed by atoms with van der Waals surface area (Å²) in [5.41, 5.74) is 1.33. The van der Waals surface area contributed by atoms with Crippen LogP contribution in [0.5, 0.6) is 0 Å². The Morgan fingerprint density at radius 1 is 1.31 bits per heavy atom. The molecule has 3 aromatic heterocycles. The molecule has 2 fully saturated rings. The van der Waals surface area contributed by atoms with Crippen molar-refractivity contribution in [3.05, 3.63) is 35.4 Å². The van der Waals surface area contributed by atoms with Crippen LogP contribution >= 0.6 is 0 Å². The summed E-state index contributed by atoms with van der Waals surface area (Å²) in [5, 5.41) is 16.9. The Balaban J connectivity index is 1.26. The molecule has 3 atom stereocenters. The van der Waals surface area contributed by atoms with Gasteiger partial charge in [-0.2, -0.15) is 10.2 Å². The van der Waals surface area contributed by atoms with E-state index in [-0.39, 0.29) is 11.2 Å². The number of carbonyl (C=O) groups excluding carboxylic acids is 1. The fourth-order valence-corrected chi connectivity index (χ4v) is 4.29. The molecule has 0 aromatic carbocycles. The minimum absolute atomic E-state index is 0.0717. The number of hydrogen-bond acceptors (Lipinski definition) is 7. The third-order valence-corrected chi connectivity index (χ3v) is 6.42. The third kappa shape index (κ3) is 5.37. The lowest BCUT2D eigenvalue weighted by Gasteiger charge is -2.19. The van der Waals surface area contributed by atoms with Crippen LogP contribution in [0.2, 0.25) is 0 Å². The van der Waals surface area contributed by atoms with Gasteiger partial charge in [0.25, 0.3) is 0 Å². The summed E-state index contributed by atoms with van der Waals surface area (Å²) < 4.78 is 62.9. The van der Waals surface area contributed by atoms with Crippen LogP contribution in [0.25, 0.3) is 5.52 Å². The number of ether oxygens (including phenoxy) is 2. The fourth-order valence-electron chi connectivity index (χ4n) is 4.29. The highest BCUT2D eigenvalue weighted by Gasteiger charge is 2.43. The Kier molecular flexibility index (Phi) is 6.01. The van der Waals surface area contributed by atoms with E-state index >= 15 is 4.39 Å². The highest BCUT2D eigenvalue weighted by Crippen LogP contribution is 2.39. The topological polar surface area (TPSA) is 118 Å². The third-order valence-electron chi connectivity index (χ3n) is 6.42. The summed E-state index contributed by atoms with van der Waals surface area (Å²) in [6, 6.07) is 3.06. The van der Waals surface area contributed by atoms with Crippen LogP contribution in [0.1, 0.15) is 55.6 Å². The van der Waals surface area contributed by atoms with Crippen LogP contribution in [0.3, 0.4) is 0 Å². The molecule has 0 radical (unpaired) electrons. The van der Waals surface area contributed by atoms with Crippen LogP contribution in [0, 0.1) is 6.92 Å². The number of alkyl carbamates (subject to hydrolysis) is 1. The number of halogens is 4. The molecule has 36 heavy (non-hydrogen) atoms. The second kappa shape index (κ2) is 8.91. The number of carbonyl (C=O) groups is 1. The van der Waals surface area contributed by atoms with E-state index in [0.29, 0.717) is 41.4 Å². The van der Waals surface area contributed by atoms with Gasteiger partial charge in [0.2, 0.25) is 0 Å². The van der Waals surface area contributed by atoms with Crippen LogP contribution in [0.15, 0.2) is 18.3 Å². The average molecular weight is 511 g/mol. The number of amides is 1. The Bertz CT molecular complexity index is 1270. The second-order valence-corrected chi connectivity index (χ2v) is 9.52. The zero-order chi connectivity index (χ0) is 25.7. The number of aromatic nitrogens is 5. The molecule has 1 amide bonds. The highest BCUT2D eigenvalue weighted by atomic mass is 19.4. The van der Waals surface area contributed by atoms with Gasteiger partial charge in [-0.3, -0.25) is 9.84 Å². The maximum Gasteiger partial charge on any atom is 0.522 e. The van der Waals surface area contributed by atoms with E-state index < -0.39 is 37.3 Å². The Hall–Kier alpha value is -3.42. The van der Waals surface area contributed by atoms with Crippen LogP contribution < -0.4 is 10.6 Å². The summed E-state index contributed by atoms with van der Waals surface area (Å²) in [4.78, 5) is 16.5. The lowest BCUT2D eigenvalue weighted by Crippen LogP contribution is -2.38. The predicted molar refractivity (Wildman–Crippen MR) is 118 cm³/mol. The van der Waals surface area contributed by atoms with E-state index in [2.05, 4.69) is 35.7 Å². The molecular weight excluding hydrogens is 486 g/mol. The molecule has 2 saturated carbocycles. The van der Waals surface area contributed by atoms with Gasteiger partial charge in [0.15, 0.2) is 11.6 Å². The molecule has 10 nitrogen and oxygen atoms in total. The van der Waals surface area contributed by atoms with Crippen molar-refractivity contribution in [2.45, 2.75) is 76.2 Å². The number of hydrogen-bond donors (Lipinski definition) is 3. The van der Waals surface area contributed by atoms with E-state index in [1.165, 1.54) is 10.6 Å². The Morgan fingerprint density at radius 3 is 2.81 bits per heavy atom. The lowest BCUT2D eigenvalue weighted by molar-refractivity contribution is -0.330. The number of anilines is 2. The zero-order valence-corrected chi connectivity index (χ0v) is 19.5. The van der Waals surface area contributed by atoms with Crippen molar-refractivity contribution in [3.63, 3.8) is 0 Å². The number of aryl methyl sites for hydroxylation is 1. The molecular formula is C22H25F4N7O3. The summed E-state index contributed by atoms with van der Waals surface area (Å²) in [6.45, 7) is 2.88. The first-order valence-electron chi connectivity index (χ1n) is 11.5. The maximum absolute atomic E-state index is 15.1. The minimum atomic E-state index is -4.77. The van der Waals surface area contributed by atoms with Crippen LogP contribution in [-0.2, 0) is 16.1 Å². The Morgan fingerprint density at radius 2 is 2.08 bits per heavy atom. The van der Waals surface area contributed by atoms with E-state index in [1.54, 1.807) is 19.2 Å². The van der Waals surface area contributed by atoms with Gasteiger partial charge in [-0.15, -0.1) is 13.2 Å². The van der Waals surface area contributed by atoms with Gasteiger partial charge >= 0.3 is 12.5 Å². The first-order valence-corrected chi connectivity index (χ1v) is 11.5. The predicted octanol–water partition coefficient (Wildman–Crippen LogP) is 4.40. The largest absolute Gasteiger partial charge is 0.522 e. The molecule has 0 unspecified atom stereocenters. The molecule has 5 rings (SSSR count). The monoisotopic (exact) mass is 511 g/mol. The smallest absolute Gasteiger partial charge is 0.443 e. The van der Waals surface area contributed by atoms with Crippen molar-refractivity contribution in [3.8, 4) is 0 Å². The molecule has 0 bridgehead atoms. The van der Waals surface area contributed by atoms with Gasteiger partial charge < -0.3 is 15.4 Å². The lowest BCUT2D eigenvalue weighted by atomic mass is 10.0. The molecule has 0 aliphatic heterocycles. The van der Waals surface area contributed by atoms with Crippen LogP contribution in [0.4, 0.5) is 34.0 Å². The normalized spacial score (nSPS) is 23.1. The van der Waals surface area contributed by atoms with Gasteiger partial charge in [0.1, 0.15) is 24.4 Å². The maximum atomic E-state index is 15.1. The summed E-state index contributed by atoms with van der Waals surface area (Å²) in [6.07, 6.45) is -3.44. The molecule has 2 aliphatic carbocycles. The van der Waals surface area contributed by atoms with Crippen LogP contribution in [-0.4, -0.2) is 55.1 Å². The number of alkyl halides is 4. The van der Waals surface area contributed by atoms with Gasteiger partial charge in [-0.25, -0.2) is 18.7 Å². The van der Waals surface area contributed by atoms with E-state index in [0.717, 1.165) is 12.8 Å². The van der Waals surface area contributed by atoms with Gasteiger partial charge in [-0.05, 0) is 45.6 Å². The van der Waals surface area contributed by atoms with Crippen molar-refractivity contribution in [2.75, 3.05) is 5.32 Å². The summed E-state index contributed by atoms with van der Waals surface area (Å²) in [5.74, 6) is 0.123. The molecule has 0 spiro atoms. The average Bonchev–Trinajstić information content (AvgIpc) is 3.12.